The molecule has 1 aliphatic rings. The van der Waals surface area contributed by atoms with E-state index in [2.05, 4.69) is 10.9 Å². The Balaban J connectivity index is 1.92. The highest BCUT2D eigenvalue weighted by atomic mass is 19.4. The van der Waals surface area contributed by atoms with E-state index in [1.165, 1.54) is 19.2 Å². The zero-order chi connectivity index (χ0) is 21.4. The van der Waals surface area contributed by atoms with Gasteiger partial charge in [-0.2, -0.15) is 13.2 Å². The van der Waals surface area contributed by atoms with Crippen molar-refractivity contribution in [2.24, 2.45) is 11.8 Å². The number of carbonyl (C=O) groups excluding carboxylic acids is 2. The number of alkyl halides is 3. The summed E-state index contributed by atoms with van der Waals surface area (Å²) in [5.74, 6) is -2.59. The van der Waals surface area contributed by atoms with Crippen LogP contribution in [0.15, 0.2) is 18.2 Å². The smallest absolute Gasteiger partial charge is 0.391 e. The van der Waals surface area contributed by atoms with E-state index < -0.39 is 29.8 Å². The number of amides is 2. The number of rotatable bonds is 7. The molecule has 0 bridgehead atoms. The second kappa shape index (κ2) is 10.4. The zero-order valence-electron chi connectivity index (χ0n) is 16.6. The van der Waals surface area contributed by atoms with Crippen molar-refractivity contribution in [1.82, 2.24) is 10.9 Å². The highest BCUT2D eigenvalue weighted by molar-refractivity contribution is 5.96. The Hall–Kier alpha value is -2.45. The van der Waals surface area contributed by atoms with Gasteiger partial charge >= 0.3 is 6.18 Å². The first-order valence-electron chi connectivity index (χ1n) is 9.74. The molecule has 9 heteroatoms. The maximum Gasteiger partial charge on any atom is 0.391 e. The Morgan fingerprint density at radius 2 is 1.93 bits per heavy atom. The third-order valence-corrected chi connectivity index (χ3v) is 4.99. The van der Waals surface area contributed by atoms with Gasteiger partial charge in [-0.1, -0.05) is 19.8 Å². The molecular formula is C20H27F3N2O4. The maximum absolute atomic E-state index is 12.9. The van der Waals surface area contributed by atoms with Gasteiger partial charge in [0.05, 0.1) is 19.6 Å². The fourth-order valence-electron chi connectivity index (χ4n) is 3.27. The monoisotopic (exact) mass is 416 g/mol. The first kappa shape index (κ1) is 22.8. The van der Waals surface area contributed by atoms with E-state index in [-0.39, 0.29) is 18.4 Å². The second-order valence-electron chi connectivity index (χ2n) is 7.11. The van der Waals surface area contributed by atoms with Gasteiger partial charge in [-0.3, -0.25) is 20.4 Å². The van der Waals surface area contributed by atoms with Crippen LogP contribution in [-0.2, 0) is 4.79 Å². The van der Waals surface area contributed by atoms with Crippen LogP contribution in [0.25, 0.3) is 0 Å². The van der Waals surface area contributed by atoms with E-state index in [9.17, 15) is 22.8 Å². The largest absolute Gasteiger partial charge is 0.493 e. The maximum atomic E-state index is 12.9. The average molecular weight is 416 g/mol. The van der Waals surface area contributed by atoms with Crippen molar-refractivity contribution in [2.45, 2.75) is 51.6 Å². The quantitative estimate of drug-likeness (QED) is 0.520. The van der Waals surface area contributed by atoms with Crippen molar-refractivity contribution < 1.29 is 32.2 Å². The molecule has 1 aliphatic carbocycles. The van der Waals surface area contributed by atoms with E-state index in [1.54, 1.807) is 6.07 Å². The van der Waals surface area contributed by atoms with Gasteiger partial charge in [-0.25, -0.2) is 0 Å². The molecule has 162 valence electrons. The summed E-state index contributed by atoms with van der Waals surface area (Å²) < 4.78 is 49.5. The first-order chi connectivity index (χ1) is 13.8. The number of hydrogen-bond acceptors (Lipinski definition) is 4. The summed E-state index contributed by atoms with van der Waals surface area (Å²) in [7, 11) is 1.45. The van der Waals surface area contributed by atoms with Gasteiger partial charge in [0.25, 0.3) is 5.91 Å². The van der Waals surface area contributed by atoms with Gasteiger partial charge in [0.15, 0.2) is 11.5 Å². The number of hydrogen-bond donors (Lipinski definition) is 2. The standard InChI is InChI=1S/C20H27F3N2O4/c1-3-4-10-29-16-9-8-14(12-17(16)28-2)19(27)25-24-18(26)13-6-5-7-15(11-13)20(21,22)23/h8-9,12-13,15H,3-7,10-11H2,1-2H3,(H,24,26)(H,25,27)/t13-,15+/m1/s1. The Kier molecular flexibility index (Phi) is 8.16. The molecule has 0 aromatic heterocycles. The van der Waals surface area contributed by atoms with Gasteiger partial charge in [0.2, 0.25) is 5.91 Å². The molecule has 29 heavy (non-hydrogen) atoms. The van der Waals surface area contributed by atoms with Crippen LogP contribution < -0.4 is 20.3 Å². The van der Waals surface area contributed by atoms with E-state index in [0.717, 1.165) is 12.8 Å². The van der Waals surface area contributed by atoms with Crippen LogP contribution in [0, 0.1) is 11.8 Å². The third-order valence-electron chi connectivity index (χ3n) is 4.99. The molecule has 1 aromatic carbocycles. The molecule has 0 aliphatic heterocycles. The fourth-order valence-corrected chi connectivity index (χ4v) is 3.27. The fraction of sp³-hybridized carbons (Fsp3) is 0.600. The zero-order valence-corrected chi connectivity index (χ0v) is 16.6. The van der Waals surface area contributed by atoms with E-state index >= 15 is 0 Å². The van der Waals surface area contributed by atoms with Crippen LogP contribution in [0.3, 0.4) is 0 Å². The van der Waals surface area contributed by atoms with Crippen molar-refractivity contribution in [2.75, 3.05) is 13.7 Å². The third kappa shape index (κ3) is 6.54. The minimum absolute atomic E-state index is 0.0338. The predicted octanol–water partition coefficient (Wildman–Crippen LogP) is 4.00. The van der Waals surface area contributed by atoms with Crippen LogP contribution in [0.5, 0.6) is 11.5 Å². The van der Waals surface area contributed by atoms with Gasteiger partial charge in [-0.15, -0.1) is 0 Å². The Bertz CT molecular complexity index is 709. The lowest BCUT2D eigenvalue weighted by Gasteiger charge is -2.29. The first-order valence-corrected chi connectivity index (χ1v) is 9.74. The van der Waals surface area contributed by atoms with E-state index in [4.69, 9.17) is 9.47 Å². The molecule has 2 rings (SSSR count). The molecule has 0 spiro atoms. The summed E-state index contributed by atoms with van der Waals surface area (Å²) in [6.45, 7) is 2.56. The van der Waals surface area contributed by atoms with Gasteiger partial charge in [0.1, 0.15) is 0 Å². The number of ether oxygens (including phenoxy) is 2. The number of nitrogens with one attached hydrogen (secondary N) is 2. The summed E-state index contributed by atoms with van der Waals surface area (Å²) in [6, 6.07) is 4.59. The van der Waals surface area contributed by atoms with Crippen LogP contribution >= 0.6 is 0 Å². The normalized spacial score (nSPS) is 19.3. The lowest BCUT2D eigenvalue weighted by Crippen LogP contribution is -2.46. The minimum atomic E-state index is -4.31. The summed E-state index contributed by atoms with van der Waals surface area (Å²) in [5, 5.41) is 0. The molecule has 0 heterocycles. The van der Waals surface area contributed by atoms with E-state index in [0.29, 0.717) is 30.9 Å². The van der Waals surface area contributed by atoms with Crippen LogP contribution in [0.1, 0.15) is 55.8 Å². The van der Waals surface area contributed by atoms with Crippen molar-refractivity contribution in [3.63, 3.8) is 0 Å². The van der Waals surface area contributed by atoms with Crippen LogP contribution in [0.2, 0.25) is 0 Å². The minimum Gasteiger partial charge on any atom is -0.493 e. The van der Waals surface area contributed by atoms with Crippen molar-refractivity contribution in [1.29, 1.82) is 0 Å². The average Bonchev–Trinajstić information content (AvgIpc) is 2.71. The Labute approximate surface area is 168 Å². The number of benzene rings is 1. The SMILES string of the molecule is CCCCOc1ccc(C(=O)NNC(=O)[C@@H]2CCC[C@H](C(F)(F)F)C2)cc1OC. The van der Waals surface area contributed by atoms with Crippen molar-refractivity contribution in [3.8, 4) is 11.5 Å². The van der Waals surface area contributed by atoms with Gasteiger partial charge in [0, 0.05) is 11.5 Å². The topological polar surface area (TPSA) is 76.7 Å². The van der Waals surface area contributed by atoms with Crippen LogP contribution in [0.4, 0.5) is 13.2 Å². The highest BCUT2D eigenvalue weighted by Gasteiger charge is 2.43. The summed E-state index contributed by atoms with van der Waals surface area (Å²) >= 11 is 0. The number of hydrazine groups is 1. The van der Waals surface area contributed by atoms with Crippen molar-refractivity contribution in [3.05, 3.63) is 23.8 Å². The predicted molar refractivity (Wildman–Crippen MR) is 101 cm³/mol. The van der Waals surface area contributed by atoms with Crippen molar-refractivity contribution >= 4 is 11.8 Å². The molecule has 0 unspecified atom stereocenters. The van der Waals surface area contributed by atoms with Gasteiger partial charge < -0.3 is 9.47 Å². The molecule has 1 aromatic rings. The summed E-state index contributed by atoms with van der Waals surface area (Å²) in [4.78, 5) is 24.5. The molecule has 6 nitrogen and oxygen atoms in total. The Morgan fingerprint density at radius 1 is 1.17 bits per heavy atom. The Morgan fingerprint density at radius 3 is 2.59 bits per heavy atom. The molecule has 2 atom stereocenters. The molecule has 1 saturated carbocycles. The summed E-state index contributed by atoms with van der Waals surface area (Å²) in [5.41, 5.74) is 4.72. The lowest BCUT2D eigenvalue weighted by molar-refractivity contribution is -0.186. The molecule has 2 N–H and O–H groups in total. The molecule has 0 saturated heterocycles. The van der Waals surface area contributed by atoms with Crippen LogP contribution in [-0.4, -0.2) is 31.7 Å². The molecule has 1 fully saturated rings. The number of carbonyl (C=O) groups is 2. The van der Waals surface area contributed by atoms with E-state index in [1.807, 2.05) is 6.92 Å². The molecular weight excluding hydrogens is 389 g/mol. The number of unbranched alkanes of at least 4 members (excludes halogenated alkanes) is 1. The number of halogens is 3. The molecule has 0 radical (unpaired) electrons. The lowest BCUT2D eigenvalue weighted by atomic mass is 9.80. The number of methoxy groups -OCH3 is 1. The second-order valence-corrected chi connectivity index (χ2v) is 7.11. The summed E-state index contributed by atoms with van der Waals surface area (Å²) in [6.07, 6.45) is -1.98. The highest BCUT2D eigenvalue weighted by Crippen LogP contribution is 2.39. The molecule has 2 amide bonds. The van der Waals surface area contributed by atoms with Gasteiger partial charge in [-0.05, 0) is 43.9 Å².